The van der Waals surface area contributed by atoms with E-state index in [-0.39, 0.29) is 11.4 Å². The van der Waals surface area contributed by atoms with E-state index < -0.39 is 17.7 Å². The second kappa shape index (κ2) is 4.33. The maximum atomic E-state index is 13.5. The molecule has 0 aliphatic rings. The molecule has 5 nitrogen and oxygen atoms in total. The molecule has 7 heteroatoms. The van der Waals surface area contributed by atoms with Crippen LogP contribution in [-0.2, 0) is 0 Å². The van der Waals surface area contributed by atoms with E-state index >= 15 is 0 Å². The number of benzene rings is 1. The first-order valence-electron chi connectivity index (χ1n) is 4.49. The van der Waals surface area contributed by atoms with Crippen molar-refractivity contribution in [1.29, 1.82) is 0 Å². The van der Waals surface area contributed by atoms with Gasteiger partial charge in [-0.2, -0.15) is 5.10 Å². The molecule has 0 aliphatic heterocycles. The number of halogens is 2. The average Bonchev–Trinajstić information content (AvgIpc) is 2.77. The van der Waals surface area contributed by atoms with Gasteiger partial charge in [-0.15, -0.1) is 0 Å². The number of hydrogen-bond donors (Lipinski definition) is 3. The van der Waals surface area contributed by atoms with Gasteiger partial charge in [0.15, 0.2) is 0 Å². The summed E-state index contributed by atoms with van der Waals surface area (Å²) < 4.78 is 27.0. The van der Waals surface area contributed by atoms with Gasteiger partial charge in [-0.1, -0.05) is 6.07 Å². The molecular weight excluding hydrogens is 216 g/mol. The summed E-state index contributed by atoms with van der Waals surface area (Å²) in [5.41, 5.74) is 2.10. The van der Waals surface area contributed by atoms with Crippen molar-refractivity contribution >= 4 is 0 Å². The Morgan fingerprint density at radius 1 is 1.31 bits per heavy atom. The van der Waals surface area contributed by atoms with Crippen molar-refractivity contribution in [1.82, 2.24) is 20.6 Å². The Bertz CT molecular complexity index is 451. The smallest absolute Gasteiger partial charge is 0.147 e. The van der Waals surface area contributed by atoms with Crippen LogP contribution in [0.25, 0.3) is 0 Å². The lowest BCUT2D eigenvalue weighted by atomic mass is 10.1. The van der Waals surface area contributed by atoms with Crippen molar-refractivity contribution in [2.75, 3.05) is 0 Å². The number of nitrogens with one attached hydrogen (secondary N) is 2. The second-order valence-electron chi connectivity index (χ2n) is 3.11. The quantitative estimate of drug-likeness (QED) is 0.529. The second-order valence-corrected chi connectivity index (χ2v) is 3.11. The molecule has 1 unspecified atom stereocenters. The van der Waals surface area contributed by atoms with E-state index in [2.05, 4.69) is 20.6 Å². The van der Waals surface area contributed by atoms with Gasteiger partial charge in [-0.3, -0.25) is 10.9 Å². The summed E-state index contributed by atoms with van der Waals surface area (Å²) in [4.78, 5) is 3.80. The van der Waals surface area contributed by atoms with E-state index in [4.69, 9.17) is 5.84 Å². The monoisotopic (exact) mass is 225 g/mol. The van der Waals surface area contributed by atoms with Crippen molar-refractivity contribution in [3.8, 4) is 0 Å². The van der Waals surface area contributed by atoms with Crippen molar-refractivity contribution < 1.29 is 8.78 Å². The molecule has 0 radical (unpaired) electrons. The number of hydrazine groups is 1. The fraction of sp³-hybridized carbons (Fsp3) is 0.111. The van der Waals surface area contributed by atoms with Crippen LogP contribution in [0.4, 0.5) is 8.78 Å². The normalized spacial score (nSPS) is 12.7. The first-order chi connectivity index (χ1) is 7.74. The molecule has 0 spiro atoms. The molecule has 0 saturated heterocycles. The van der Waals surface area contributed by atoms with Crippen LogP contribution in [0.2, 0.25) is 0 Å². The minimum Gasteiger partial charge on any atom is -0.270 e. The third-order valence-electron chi connectivity index (χ3n) is 2.16. The number of nitrogens with two attached hydrogens (primary N) is 1. The van der Waals surface area contributed by atoms with Crippen LogP contribution in [0.1, 0.15) is 17.4 Å². The highest BCUT2D eigenvalue weighted by Gasteiger charge is 2.22. The third-order valence-corrected chi connectivity index (χ3v) is 2.16. The summed E-state index contributed by atoms with van der Waals surface area (Å²) >= 11 is 0. The molecule has 1 aromatic heterocycles. The molecule has 1 aromatic carbocycles. The van der Waals surface area contributed by atoms with Crippen LogP contribution in [0, 0.1) is 11.6 Å². The highest BCUT2D eigenvalue weighted by Crippen LogP contribution is 2.23. The lowest BCUT2D eigenvalue weighted by Crippen LogP contribution is -2.31. The molecule has 4 N–H and O–H groups in total. The van der Waals surface area contributed by atoms with E-state index in [0.717, 1.165) is 12.1 Å². The Morgan fingerprint density at radius 3 is 2.50 bits per heavy atom. The van der Waals surface area contributed by atoms with Gasteiger partial charge in [0, 0.05) is 5.56 Å². The summed E-state index contributed by atoms with van der Waals surface area (Å²) in [5.74, 6) is 4.11. The summed E-state index contributed by atoms with van der Waals surface area (Å²) in [5, 5.41) is 6.10. The molecule has 2 aromatic rings. The van der Waals surface area contributed by atoms with Crippen LogP contribution in [-0.4, -0.2) is 15.2 Å². The number of aromatic amines is 1. The zero-order valence-electron chi connectivity index (χ0n) is 8.11. The predicted octanol–water partition coefficient (Wildman–Crippen LogP) is 0.636. The molecule has 0 bridgehead atoms. The summed E-state index contributed by atoms with van der Waals surface area (Å²) in [6.07, 6.45) is 1.23. The maximum absolute atomic E-state index is 13.5. The summed E-state index contributed by atoms with van der Waals surface area (Å²) in [6.45, 7) is 0. The van der Waals surface area contributed by atoms with E-state index in [1.165, 1.54) is 12.4 Å². The minimum absolute atomic E-state index is 0.193. The van der Waals surface area contributed by atoms with Crippen molar-refractivity contribution in [2.45, 2.75) is 6.04 Å². The molecule has 0 saturated carbocycles. The molecule has 0 amide bonds. The topological polar surface area (TPSA) is 79.6 Å². The first kappa shape index (κ1) is 10.7. The Balaban J connectivity index is 2.49. The fourth-order valence-electron chi connectivity index (χ4n) is 1.44. The number of aromatic nitrogens is 3. The highest BCUT2D eigenvalue weighted by atomic mass is 19.1. The van der Waals surface area contributed by atoms with Crippen LogP contribution in [0.15, 0.2) is 24.5 Å². The SMILES string of the molecule is NNC(c1ncn[nH]1)c1c(F)cccc1F. The van der Waals surface area contributed by atoms with Crippen LogP contribution < -0.4 is 11.3 Å². The number of rotatable bonds is 3. The number of H-pyrrole nitrogens is 1. The van der Waals surface area contributed by atoms with E-state index in [1.54, 1.807) is 0 Å². The molecule has 84 valence electrons. The van der Waals surface area contributed by atoms with Gasteiger partial charge >= 0.3 is 0 Å². The zero-order chi connectivity index (χ0) is 11.5. The summed E-state index contributed by atoms with van der Waals surface area (Å²) in [7, 11) is 0. The van der Waals surface area contributed by atoms with Crippen molar-refractivity contribution in [2.24, 2.45) is 5.84 Å². The first-order valence-corrected chi connectivity index (χ1v) is 4.49. The molecule has 2 rings (SSSR count). The zero-order valence-corrected chi connectivity index (χ0v) is 8.11. The van der Waals surface area contributed by atoms with Crippen molar-refractivity contribution in [3.05, 3.63) is 47.5 Å². The molecule has 0 fully saturated rings. The van der Waals surface area contributed by atoms with Gasteiger partial charge in [-0.05, 0) is 12.1 Å². The van der Waals surface area contributed by atoms with Gasteiger partial charge in [0.2, 0.25) is 0 Å². The van der Waals surface area contributed by atoms with Crippen LogP contribution >= 0.6 is 0 Å². The van der Waals surface area contributed by atoms with E-state index in [0.29, 0.717) is 0 Å². The standard InChI is InChI=1S/C9H9F2N5/c10-5-2-1-3-6(11)7(5)8(15-12)9-13-4-14-16-9/h1-4,8,15H,12H2,(H,13,14,16). The van der Waals surface area contributed by atoms with Gasteiger partial charge in [0.25, 0.3) is 0 Å². The van der Waals surface area contributed by atoms with E-state index in [1.807, 2.05) is 0 Å². The highest BCUT2D eigenvalue weighted by molar-refractivity contribution is 5.27. The Labute approximate surface area is 89.7 Å². The van der Waals surface area contributed by atoms with Gasteiger partial charge in [0.1, 0.15) is 29.8 Å². The van der Waals surface area contributed by atoms with Crippen LogP contribution in [0.3, 0.4) is 0 Å². The summed E-state index contributed by atoms with van der Waals surface area (Å²) in [6, 6.07) is 2.68. The Hall–Kier alpha value is -1.86. The molecule has 1 heterocycles. The van der Waals surface area contributed by atoms with Gasteiger partial charge in [-0.25, -0.2) is 19.2 Å². The maximum Gasteiger partial charge on any atom is 0.147 e. The van der Waals surface area contributed by atoms with Gasteiger partial charge in [0.05, 0.1) is 0 Å². The van der Waals surface area contributed by atoms with E-state index in [9.17, 15) is 8.78 Å². The fourth-order valence-corrected chi connectivity index (χ4v) is 1.44. The third kappa shape index (κ3) is 1.77. The Morgan fingerprint density at radius 2 is 2.00 bits per heavy atom. The molecule has 16 heavy (non-hydrogen) atoms. The number of nitrogens with zero attached hydrogens (tertiary/aromatic N) is 2. The number of hydrogen-bond acceptors (Lipinski definition) is 4. The lowest BCUT2D eigenvalue weighted by Gasteiger charge is -2.14. The van der Waals surface area contributed by atoms with Crippen LogP contribution in [0.5, 0.6) is 0 Å². The molecular formula is C9H9F2N5. The van der Waals surface area contributed by atoms with Gasteiger partial charge < -0.3 is 0 Å². The van der Waals surface area contributed by atoms with Crippen molar-refractivity contribution in [3.63, 3.8) is 0 Å². The molecule has 0 aliphatic carbocycles. The predicted molar refractivity (Wildman–Crippen MR) is 51.9 cm³/mol. The minimum atomic E-state index is -0.899. The largest absolute Gasteiger partial charge is 0.270 e. The Kier molecular flexibility index (Phi) is 2.88. The lowest BCUT2D eigenvalue weighted by molar-refractivity contribution is 0.500. The molecule has 1 atom stereocenters. The average molecular weight is 225 g/mol.